The monoisotopic (exact) mass is 328 g/mol. The molecule has 1 aliphatic rings. The van der Waals surface area contributed by atoms with E-state index in [1.165, 1.54) is 29.6 Å². The molecule has 1 aromatic carbocycles. The second-order valence-electron chi connectivity index (χ2n) is 5.31. The number of carboxylic acids is 1. The fraction of sp³-hybridized carbons (Fsp3) is 0.500. The zero-order valence-electron chi connectivity index (χ0n) is 12.7. The van der Waals surface area contributed by atoms with Gasteiger partial charge in [0.1, 0.15) is 0 Å². The van der Waals surface area contributed by atoms with E-state index in [2.05, 4.69) is 4.90 Å². The summed E-state index contributed by atoms with van der Waals surface area (Å²) in [5, 5.41) is 9.16. The molecule has 8 heteroatoms. The third-order valence-electron chi connectivity index (χ3n) is 3.62. The molecule has 0 aromatic heterocycles. The lowest BCUT2D eigenvalue weighted by molar-refractivity contribution is 0.0696. The topological polar surface area (TPSA) is 87.1 Å². The first kappa shape index (κ1) is 16.9. The van der Waals surface area contributed by atoms with Gasteiger partial charge in [-0.2, -0.15) is 4.31 Å². The molecule has 0 atom stereocenters. The van der Waals surface area contributed by atoms with E-state index < -0.39 is 16.0 Å². The smallest absolute Gasteiger partial charge is 0.335 e. The Morgan fingerprint density at radius 3 is 2.41 bits per heavy atom. The Kier molecular flexibility index (Phi) is 5.17. The fourth-order valence-corrected chi connectivity index (χ4v) is 3.88. The van der Waals surface area contributed by atoms with E-state index >= 15 is 0 Å². The summed E-state index contributed by atoms with van der Waals surface area (Å²) in [6.07, 6.45) is 0. The molecule has 0 bridgehead atoms. The molecule has 22 heavy (non-hydrogen) atoms. The van der Waals surface area contributed by atoms with Gasteiger partial charge in [0.05, 0.1) is 17.1 Å². The van der Waals surface area contributed by atoms with Crippen LogP contribution >= 0.6 is 0 Å². The maximum atomic E-state index is 12.7. The highest BCUT2D eigenvalue weighted by Crippen LogP contribution is 2.21. The molecule has 0 unspecified atom stereocenters. The number of methoxy groups -OCH3 is 1. The van der Waals surface area contributed by atoms with Crippen molar-refractivity contribution in [1.82, 2.24) is 9.21 Å². The van der Waals surface area contributed by atoms with Crippen LogP contribution in [-0.4, -0.2) is 69.0 Å². The molecule has 122 valence electrons. The molecular weight excluding hydrogens is 308 g/mol. The van der Waals surface area contributed by atoms with E-state index in [1.807, 2.05) is 7.05 Å². The number of carbonyl (C=O) groups is 1. The van der Waals surface area contributed by atoms with Crippen molar-refractivity contribution >= 4 is 16.0 Å². The van der Waals surface area contributed by atoms with Crippen LogP contribution in [0.15, 0.2) is 23.1 Å². The molecule has 1 fully saturated rings. The first-order valence-electron chi connectivity index (χ1n) is 6.89. The number of aromatic carboxylic acids is 1. The lowest BCUT2D eigenvalue weighted by Crippen LogP contribution is -2.47. The van der Waals surface area contributed by atoms with Gasteiger partial charge < -0.3 is 14.7 Å². The van der Waals surface area contributed by atoms with Crippen LogP contribution in [0, 0.1) is 0 Å². The van der Waals surface area contributed by atoms with Crippen LogP contribution in [0.3, 0.4) is 0 Å². The van der Waals surface area contributed by atoms with E-state index in [4.69, 9.17) is 9.84 Å². The minimum atomic E-state index is -3.69. The molecule has 1 heterocycles. The average molecular weight is 328 g/mol. The van der Waals surface area contributed by atoms with Gasteiger partial charge in [-0.15, -0.1) is 0 Å². The Bertz CT molecular complexity index is 651. The molecule has 7 nitrogen and oxygen atoms in total. The van der Waals surface area contributed by atoms with Gasteiger partial charge in [0.25, 0.3) is 0 Å². The average Bonchev–Trinajstić information content (AvgIpc) is 2.47. The van der Waals surface area contributed by atoms with Crippen molar-refractivity contribution in [3.05, 3.63) is 29.3 Å². The number of sulfonamides is 1. The maximum Gasteiger partial charge on any atom is 0.335 e. The molecule has 1 saturated heterocycles. The van der Waals surface area contributed by atoms with Gasteiger partial charge in [-0.1, -0.05) is 0 Å². The summed E-state index contributed by atoms with van der Waals surface area (Å²) in [7, 11) is -0.284. The molecule has 2 rings (SSSR count). The second kappa shape index (κ2) is 6.74. The van der Waals surface area contributed by atoms with Gasteiger partial charge in [-0.25, -0.2) is 13.2 Å². The largest absolute Gasteiger partial charge is 0.478 e. The standard InChI is InChI=1S/C14H20N2O5S/c1-15-3-5-16(6-4-15)22(19,20)13-8-11(10-21-2)7-12(9-13)14(17)18/h7-9H,3-6,10H2,1-2H3,(H,17,18). The molecule has 1 N–H and O–H groups in total. The third kappa shape index (κ3) is 3.64. The normalized spacial score (nSPS) is 17.5. The highest BCUT2D eigenvalue weighted by molar-refractivity contribution is 7.89. The van der Waals surface area contributed by atoms with E-state index in [-0.39, 0.29) is 17.1 Å². The number of piperazine rings is 1. The number of rotatable bonds is 5. The lowest BCUT2D eigenvalue weighted by atomic mass is 10.1. The third-order valence-corrected chi connectivity index (χ3v) is 5.50. The van der Waals surface area contributed by atoms with E-state index in [1.54, 1.807) is 0 Å². The molecule has 1 aliphatic heterocycles. The van der Waals surface area contributed by atoms with Gasteiger partial charge in [-0.3, -0.25) is 0 Å². The van der Waals surface area contributed by atoms with Crippen molar-refractivity contribution in [2.45, 2.75) is 11.5 Å². The predicted molar refractivity (Wildman–Crippen MR) is 80.4 cm³/mol. The van der Waals surface area contributed by atoms with E-state index in [9.17, 15) is 13.2 Å². The first-order valence-corrected chi connectivity index (χ1v) is 8.33. The zero-order chi connectivity index (χ0) is 16.3. The molecule has 1 aromatic rings. The summed E-state index contributed by atoms with van der Waals surface area (Å²) >= 11 is 0. The van der Waals surface area contributed by atoms with Gasteiger partial charge in [0.15, 0.2) is 0 Å². The van der Waals surface area contributed by atoms with Crippen molar-refractivity contribution in [1.29, 1.82) is 0 Å². The van der Waals surface area contributed by atoms with Gasteiger partial charge in [0.2, 0.25) is 10.0 Å². The Morgan fingerprint density at radius 2 is 1.86 bits per heavy atom. The minimum Gasteiger partial charge on any atom is -0.478 e. The Balaban J connectivity index is 2.39. The molecule has 0 radical (unpaired) electrons. The highest BCUT2D eigenvalue weighted by atomic mass is 32.2. The van der Waals surface area contributed by atoms with Crippen molar-refractivity contribution in [2.24, 2.45) is 0 Å². The molecule has 0 aliphatic carbocycles. The van der Waals surface area contributed by atoms with E-state index in [0.717, 1.165) is 0 Å². The SMILES string of the molecule is COCc1cc(C(=O)O)cc(S(=O)(=O)N2CCN(C)CC2)c1. The minimum absolute atomic E-state index is 0.00371. The first-order chi connectivity index (χ1) is 10.3. The van der Waals surface area contributed by atoms with Crippen molar-refractivity contribution < 1.29 is 23.1 Å². The van der Waals surface area contributed by atoms with Crippen LogP contribution < -0.4 is 0 Å². The number of likely N-dealkylation sites (N-methyl/N-ethyl adjacent to an activating group) is 1. The summed E-state index contributed by atoms with van der Waals surface area (Å²) in [6.45, 7) is 2.27. The van der Waals surface area contributed by atoms with Gasteiger partial charge >= 0.3 is 5.97 Å². The number of nitrogens with zero attached hydrogens (tertiary/aromatic N) is 2. The lowest BCUT2D eigenvalue weighted by Gasteiger charge is -2.31. The fourth-order valence-electron chi connectivity index (χ4n) is 2.36. The van der Waals surface area contributed by atoms with Crippen molar-refractivity contribution in [3.8, 4) is 0 Å². The van der Waals surface area contributed by atoms with Crippen molar-refractivity contribution in [3.63, 3.8) is 0 Å². The Morgan fingerprint density at radius 1 is 1.23 bits per heavy atom. The molecule has 0 spiro atoms. The van der Waals surface area contributed by atoms with E-state index in [0.29, 0.717) is 31.7 Å². The maximum absolute atomic E-state index is 12.7. The zero-order valence-corrected chi connectivity index (χ0v) is 13.5. The molecule has 0 amide bonds. The quantitative estimate of drug-likeness (QED) is 0.845. The van der Waals surface area contributed by atoms with Crippen LogP contribution in [0.2, 0.25) is 0 Å². The predicted octanol–water partition coefficient (Wildman–Crippen LogP) is 0.467. The molecule has 0 saturated carbocycles. The Labute approximate surface area is 130 Å². The van der Waals surface area contributed by atoms with Crippen LogP contribution in [0.4, 0.5) is 0 Å². The Hall–Kier alpha value is -1.48. The summed E-state index contributed by atoms with van der Waals surface area (Å²) in [5.74, 6) is -1.16. The summed E-state index contributed by atoms with van der Waals surface area (Å²) in [4.78, 5) is 13.3. The van der Waals surface area contributed by atoms with Crippen LogP contribution in [0.5, 0.6) is 0 Å². The van der Waals surface area contributed by atoms with Crippen molar-refractivity contribution in [2.75, 3.05) is 40.3 Å². The summed E-state index contributed by atoms with van der Waals surface area (Å²) in [6, 6.07) is 4.10. The van der Waals surface area contributed by atoms with Crippen LogP contribution in [-0.2, 0) is 21.4 Å². The summed E-state index contributed by atoms with van der Waals surface area (Å²) in [5.41, 5.74) is 0.470. The second-order valence-corrected chi connectivity index (χ2v) is 7.25. The highest BCUT2D eigenvalue weighted by Gasteiger charge is 2.28. The number of hydrogen-bond donors (Lipinski definition) is 1. The number of ether oxygens (including phenoxy) is 1. The number of carboxylic acid groups (broad SMARTS) is 1. The molecular formula is C14H20N2O5S. The van der Waals surface area contributed by atoms with Gasteiger partial charge in [-0.05, 0) is 30.8 Å². The number of benzene rings is 1. The number of hydrogen-bond acceptors (Lipinski definition) is 5. The van der Waals surface area contributed by atoms with Crippen LogP contribution in [0.1, 0.15) is 15.9 Å². The summed E-state index contributed by atoms with van der Waals surface area (Å²) < 4.78 is 31.8. The van der Waals surface area contributed by atoms with Gasteiger partial charge in [0, 0.05) is 33.3 Å². The van der Waals surface area contributed by atoms with Crippen LogP contribution in [0.25, 0.3) is 0 Å².